The molecule has 3 rings (SSSR count). The summed E-state index contributed by atoms with van der Waals surface area (Å²) < 4.78 is 5.13. The topological polar surface area (TPSA) is 75.4 Å². The minimum absolute atomic E-state index is 0.0811. The first-order valence-electron chi connectivity index (χ1n) is 9.26. The Kier molecular flexibility index (Phi) is 6.52. The number of carbonyl (C=O) groups excluding carboxylic acids is 2. The number of hydrogen-bond acceptors (Lipinski definition) is 5. The van der Waals surface area contributed by atoms with Crippen molar-refractivity contribution < 1.29 is 19.2 Å². The Morgan fingerprint density at radius 1 is 1.26 bits per heavy atom. The van der Waals surface area contributed by atoms with Crippen LogP contribution in [0.1, 0.15) is 19.3 Å². The van der Waals surface area contributed by atoms with E-state index in [4.69, 9.17) is 17.0 Å². The Morgan fingerprint density at radius 2 is 1.96 bits per heavy atom. The minimum Gasteiger partial charge on any atom is -0.497 e. The summed E-state index contributed by atoms with van der Waals surface area (Å²) in [6.45, 7) is 3.90. The smallest absolute Gasteiger partial charge is 0.251 e. The fourth-order valence-electron chi connectivity index (χ4n) is 3.40. The summed E-state index contributed by atoms with van der Waals surface area (Å²) in [7, 11) is 1.57. The number of methoxy groups -OCH3 is 1. The summed E-state index contributed by atoms with van der Waals surface area (Å²) in [4.78, 5) is 32.3. The molecule has 8 heteroatoms. The second kappa shape index (κ2) is 9.05. The molecule has 1 aromatic carbocycles. The highest BCUT2D eigenvalue weighted by Crippen LogP contribution is 2.23. The molecule has 2 aliphatic heterocycles. The first kappa shape index (κ1) is 19.4. The van der Waals surface area contributed by atoms with Crippen LogP contribution in [-0.4, -0.2) is 56.4 Å². The highest BCUT2D eigenvalue weighted by molar-refractivity contribution is 7.80. The SMILES string of the molecule is COc1ccc(N2C(=O)[C@H](C=NCC[NH+]3CCCCC3)C(=O)NC2=S)cc1. The third-order valence-corrected chi connectivity index (χ3v) is 5.23. The first-order chi connectivity index (χ1) is 13.1. The molecule has 1 atom stereocenters. The lowest BCUT2D eigenvalue weighted by atomic mass is 10.1. The van der Waals surface area contributed by atoms with Gasteiger partial charge in [-0.15, -0.1) is 0 Å². The number of aliphatic imine (C=N–C) groups is 1. The zero-order chi connectivity index (χ0) is 19.2. The van der Waals surface area contributed by atoms with Crippen molar-refractivity contribution in [1.29, 1.82) is 0 Å². The Hall–Kier alpha value is -2.32. The fraction of sp³-hybridized carbons (Fsp3) is 0.474. The zero-order valence-corrected chi connectivity index (χ0v) is 16.3. The van der Waals surface area contributed by atoms with Crippen LogP contribution < -0.4 is 19.9 Å². The molecule has 1 aromatic rings. The molecular formula is C19H25N4O3S+. The standard InChI is InChI=1S/C19H24N4O3S/c1-26-15-7-5-14(6-8-15)23-18(25)16(17(24)21-19(23)27)13-20-9-12-22-10-3-2-4-11-22/h5-8,13,16H,2-4,9-12H2,1H3,(H,21,24,27)/p+1/t16-/m1/s1. The number of hydrogen-bond donors (Lipinski definition) is 2. The van der Waals surface area contributed by atoms with Crippen molar-refractivity contribution in [2.45, 2.75) is 19.3 Å². The maximum absolute atomic E-state index is 12.8. The van der Waals surface area contributed by atoms with E-state index in [1.165, 1.54) is 43.5 Å². The predicted molar refractivity (Wildman–Crippen MR) is 107 cm³/mol. The van der Waals surface area contributed by atoms with Gasteiger partial charge in [0.05, 0.1) is 39.0 Å². The molecule has 2 fully saturated rings. The summed E-state index contributed by atoms with van der Waals surface area (Å²) in [5, 5.41) is 2.68. The highest BCUT2D eigenvalue weighted by atomic mass is 32.1. The maximum atomic E-state index is 12.8. The Balaban J connectivity index is 1.65. The molecule has 144 valence electrons. The molecule has 7 nitrogen and oxygen atoms in total. The Morgan fingerprint density at radius 3 is 2.63 bits per heavy atom. The molecule has 2 N–H and O–H groups in total. The van der Waals surface area contributed by atoms with Crippen molar-refractivity contribution in [2.75, 3.05) is 38.2 Å². The molecule has 2 aliphatic rings. The Bertz CT molecular complexity index is 729. The van der Waals surface area contributed by atoms with Crippen molar-refractivity contribution in [1.82, 2.24) is 5.32 Å². The molecule has 0 saturated carbocycles. The van der Waals surface area contributed by atoms with Crippen LogP contribution in [-0.2, 0) is 9.59 Å². The van der Waals surface area contributed by atoms with Crippen molar-refractivity contribution >= 4 is 41.0 Å². The average molecular weight is 390 g/mol. The van der Waals surface area contributed by atoms with Gasteiger partial charge in [0.2, 0.25) is 5.91 Å². The van der Waals surface area contributed by atoms with Gasteiger partial charge in [-0.25, -0.2) is 0 Å². The summed E-state index contributed by atoms with van der Waals surface area (Å²) in [5.41, 5.74) is 0.585. The molecule has 2 saturated heterocycles. The van der Waals surface area contributed by atoms with E-state index in [1.54, 1.807) is 36.3 Å². The van der Waals surface area contributed by atoms with E-state index in [9.17, 15) is 9.59 Å². The normalized spacial score (nSPS) is 21.6. The molecule has 27 heavy (non-hydrogen) atoms. The second-order valence-corrected chi connectivity index (χ2v) is 7.15. The van der Waals surface area contributed by atoms with Crippen molar-refractivity contribution in [3.63, 3.8) is 0 Å². The van der Waals surface area contributed by atoms with E-state index < -0.39 is 11.8 Å². The van der Waals surface area contributed by atoms with Crippen LogP contribution in [0, 0.1) is 5.92 Å². The number of anilines is 1. The van der Waals surface area contributed by atoms with Crippen LogP contribution >= 0.6 is 12.2 Å². The first-order valence-corrected chi connectivity index (χ1v) is 9.67. The van der Waals surface area contributed by atoms with Gasteiger partial charge in [0, 0.05) is 6.21 Å². The van der Waals surface area contributed by atoms with Crippen molar-refractivity contribution in [3.8, 4) is 5.75 Å². The van der Waals surface area contributed by atoms with E-state index in [1.807, 2.05) is 0 Å². The number of piperidine rings is 1. The second-order valence-electron chi connectivity index (χ2n) is 6.76. The number of benzene rings is 1. The molecule has 0 radical (unpaired) electrons. The van der Waals surface area contributed by atoms with Gasteiger partial charge < -0.3 is 15.0 Å². The lowest BCUT2D eigenvalue weighted by Gasteiger charge is -2.31. The number of nitrogens with one attached hydrogen (secondary N) is 2. The van der Waals surface area contributed by atoms with Gasteiger partial charge in [-0.2, -0.15) is 0 Å². The third-order valence-electron chi connectivity index (χ3n) is 4.94. The molecule has 2 heterocycles. The molecule has 2 amide bonds. The number of ether oxygens (including phenoxy) is 1. The van der Waals surface area contributed by atoms with E-state index in [-0.39, 0.29) is 11.0 Å². The van der Waals surface area contributed by atoms with Gasteiger partial charge in [-0.3, -0.25) is 19.5 Å². The summed E-state index contributed by atoms with van der Waals surface area (Å²) in [6.07, 6.45) is 5.29. The Labute approximate surface area is 164 Å². The van der Waals surface area contributed by atoms with Crippen molar-refractivity contribution in [2.24, 2.45) is 10.9 Å². The molecular weight excluding hydrogens is 364 g/mol. The molecule has 0 spiro atoms. The molecule has 0 bridgehead atoms. The van der Waals surface area contributed by atoms with Crippen LogP contribution in [0.3, 0.4) is 0 Å². The van der Waals surface area contributed by atoms with Gasteiger partial charge in [-0.1, -0.05) is 0 Å². The van der Waals surface area contributed by atoms with Crippen molar-refractivity contribution in [3.05, 3.63) is 24.3 Å². The van der Waals surface area contributed by atoms with E-state index in [2.05, 4.69) is 10.3 Å². The van der Waals surface area contributed by atoms with Gasteiger partial charge in [0.1, 0.15) is 5.75 Å². The van der Waals surface area contributed by atoms with E-state index >= 15 is 0 Å². The average Bonchev–Trinajstić information content (AvgIpc) is 2.68. The van der Waals surface area contributed by atoms with Crippen LogP contribution in [0.5, 0.6) is 5.75 Å². The summed E-state index contributed by atoms with van der Waals surface area (Å²) in [6, 6.07) is 6.95. The number of likely N-dealkylation sites (tertiary alicyclic amines) is 1. The fourth-order valence-corrected chi connectivity index (χ4v) is 3.70. The summed E-state index contributed by atoms with van der Waals surface area (Å²) in [5.74, 6) is -1.10. The lowest BCUT2D eigenvalue weighted by molar-refractivity contribution is -0.903. The number of quaternary nitrogens is 1. The monoisotopic (exact) mass is 389 g/mol. The van der Waals surface area contributed by atoms with Gasteiger partial charge >= 0.3 is 0 Å². The molecule has 0 unspecified atom stereocenters. The van der Waals surface area contributed by atoms with Crippen LogP contribution in [0.2, 0.25) is 0 Å². The third kappa shape index (κ3) is 4.70. The number of thiocarbonyl (C=S) groups is 1. The minimum atomic E-state index is -0.963. The number of amides is 2. The number of carbonyl (C=O) groups is 2. The highest BCUT2D eigenvalue weighted by Gasteiger charge is 2.38. The quantitative estimate of drug-likeness (QED) is 0.414. The number of rotatable bonds is 6. The van der Waals surface area contributed by atoms with Gasteiger partial charge in [0.15, 0.2) is 11.0 Å². The van der Waals surface area contributed by atoms with Crippen LogP contribution in [0.25, 0.3) is 0 Å². The molecule has 0 aliphatic carbocycles. The zero-order valence-electron chi connectivity index (χ0n) is 15.4. The largest absolute Gasteiger partial charge is 0.497 e. The van der Waals surface area contributed by atoms with E-state index in [0.29, 0.717) is 18.0 Å². The van der Waals surface area contributed by atoms with Crippen LogP contribution in [0.4, 0.5) is 5.69 Å². The van der Waals surface area contributed by atoms with E-state index in [0.717, 1.165) is 6.54 Å². The summed E-state index contributed by atoms with van der Waals surface area (Å²) >= 11 is 5.19. The van der Waals surface area contributed by atoms with Gasteiger partial charge in [-0.05, 0) is 55.7 Å². The predicted octanol–water partition coefficient (Wildman–Crippen LogP) is 0.199. The lowest BCUT2D eigenvalue weighted by Crippen LogP contribution is -3.13. The van der Waals surface area contributed by atoms with Gasteiger partial charge in [0.25, 0.3) is 5.91 Å². The molecule has 0 aromatic heterocycles. The maximum Gasteiger partial charge on any atom is 0.251 e. The number of nitrogens with zero attached hydrogens (tertiary/aromatic N) is 2. The van der Waals surface area contributed by atoms with Crippen LogP contribution in [0.15, 0.2) is 29.3 Å².